The molecule has 0 aliphatic heterocycles. The summed E-state index contributed by atoms with van der Waals surface area (Å²) in [6, 6.07) is 0. The minimum absolute atomic E-state index is 0. The molecular formula is CH4HoO4+3. The van der Waals surface area contributed by atoms with Gasteiger partial charge in [-0.3, -0.25) is 0 Å². The zero-order chi connectivity index (χ0) is 3.58. The number of hydrogen-bond donors (Lipinski definition) is 2. The molecule has 0 rings (SSSR count). The maximum atomic E-state index is 8.56. The van der Waals surface area contributed by atoms with Crippen LogP contribution in [0.4, 0.5) is 4.79 Å². The van der Waals surface area contributed by atoms with Crippen molar-refractivity contribution in [1.82, 2.24) is 0 Å². The van der Waals surface area contributed by atoms with Crippen molar-refractivity contribution in [3.63, 3.8) is 0 Å². The molecule has 0 atom stereocenters. The summed E-state index contributed by atoms with van der Waals surface area (Å²) < 4.78 is 0. The zero-order valence-electron chi connectivity index (χ0n) is 2.60. The van der Waals surface area contributed by atoms with Crippen molar-refractivity contribution < 1.29 is 58.2 Å². The first-order valence-electron chi connectivity index (χ1n) is 0.651. The van der Waals surface area contributed by atoms with E-state index in [1.165, 1.54) is 0 Å². The average molecular weight is 245 g/mol. The molecule has 0 spiro atoms. The molecule has 5 heteroatoms. The summed E-state index contributed by atoms with van der Waals surface area (Å²) in [5.41, 5.74) is 0. The van der Waals surface area contributed by atoms with E-state index in [0.29, 0.717) is 0 Å². The van der Waals surface area contributed by atoms with E-state index < -0.39 is 6.16 Å². The van der Waals surface area contributed by atoms with Crippen molar-refractivity contribution in [3.8, 4) is 0 Å². The Kier molecular flexibility index (Phi) is 24.3. The van der Waals surface area contributed by atoms with Crippen LogP contribution in [0.3, 0.4) is 0 Å². The summed E-state index contributed by atoms with van der Waals surface area (Å²) in [5.74, 6) is 0. The summed E-state index contributed by atoms with van der Waals surface area (Å²) in [4.78, 5) is 8.56. The van der Waals surface area contributed by atoms with E-state index in [2.05, 4.69) is 0 Å². The van der Waals surface area contributed by atoms with Gasteiger partial charge in [0.1, 0.15) is 0 Å². The average Bonchev–Trinajstić information content (AvgIpc) is 0.811. The van der Waals surface area contributed by atoms with E-state index >= 15 is 0 Å². The van der Waals surface area contributed by atoms with Gasteiger partial charge in [0.2, 0.25) is 0 Å². The van der Waals surface area contributed by atoms with Gasteiger partial charge in [0.25, 0.3) is 0 Å². The van der Waals surface area contributed by atoms with E-state index in [-0.39, 0.29) is 43.2 Å². The number of carbonyl (C=O) groups is 1. The molecule has 0 bridgehead atoms. The standard InChI is InChI=1S/CH2O3.Ho.H2O/c2-1(3)4;;/h(H2,2,3,4);;1H2/q;+3;. The van der Waals surface area contributed by atoms with E-state index in [4.69, 9.17) is 15.0 Å². The van der Waals surface area contributed by atoms with E-state index in [1.54, 1.807) is 0 Å². The normalized spacial score (nSPS) is 4.00. The molecule has 0 unspecified atom stereocenters. The van der Waals surface area contributed by atoms with Gasteiger partial charge in [0.15, 0.2) is 0 Å². The van der Waals surface area contributed by atoms with Crippen LogP contribution in [0, 0.1) is 37.7 Å². The van der Waals surface area contributed by atoms with Crippen LogP contribution in [0.25, 0.3) is 0 Å². The molecule has 0 saturated carbocycles. The van der Waals surface area contributed by atoms with Gasteiger partial charge in [-0.1, -0.05) is 0 Å². The van der Waals surface area contributed by atoms with Crippen LogP contribution < -0.4 is 0 Å². The quantitative estimate of drug-likeness (QED) is 0.558. The minimum atomic E-state index is -1.83. The molecule has 0 aromatic rings. The van der Waals surface area contributed by atoms with Crippen LogP contribution in [0.5, 0.6) is 0 Å². The molecule has 0 aliphatic carbocycles. The van der Waals surface area contributed by atoms with E-state index in [1.807, 2.05) is 0 Å². The van der Waals surface area contributed by atoms with Crippen LogP contribution in [-0.2, 0) is 0 Å². The van der Waals surface area contributed by atoms with Crippen molar-refractivity contribution in [1.29, 1.82) is 0 Å². The van der Waals surface area contributed by atoms with E-state index in [9.17, 15) is 0 Å². The van der Waals surface area contributed by atoms with Crippen molar-refractivity contribution in [2.75, 3.05) is 0 Å². The van der Waals surface area contributed by atoms with E-state index in [0.717, 1.165) is 0 Å². The molecule has 40 valence electrons. The molecule has 6 heavy (non-hydrogen) atoms. The number of carboxylic acid groups (broad SMARTS) is 2. The molecular weight excluding hydrogens is 241 g/mol. The number of rotatable bonds is 0. The smallest absolute Gasteiger partial charge is 0.450 e. The third kappa shape index (κ3) is 228. The molecule has 0 aliphatic rings. The Bertz CT molecular complexity index is 30.5. The molecule has 0 radical (unpaired) electrons. The largest absolute Gasteiger partial charge is 3.00 e. The SMILES string of the molecule is O.O=C(O)O.[Ho+3]. The topological polar surface area (TPSA) is 89.0 Å². The molecule has 4 N–H and O–H groups in total. The van der Waals surface area contributed by atoms with Gasteiger partial charge in [-0.05, 0) is 0 Å². The molecule has 0 aromatic carbocycles. The second-order valence-electron chi connectivity index (χ2n) is 0.283. The minimum Gasteiger partial charge on any atom is -0.450 e. The first-order valence-corrected chi connectivity index (χ1v) is 0.651. The summed E-state index contributed by atoms with van der Waals surface area (Å²) in [5, 5.41) is 13.9. The van der Waals surface area contributed by atoms with Crippen molar-refractivity contribution >= 4 is 6.16 Å². The molecule has 0 heterocycles. The molecule has 0 amide bonds. The first kappa shape index (κ1) is 16.1. The second-order valence-corrected chi connectivity index (χ2v) is 0.283. The van der Waals surface area contributed by atoms with Gasteiger partial charge >= 0.3 is 43.9 Å². The second kappa shape index (κ2) is 9.09. The molecule has 4 nitrogen and oxygen atoms in total. The van der Waals surface area contributed by atoms with Crippen LogP contribution in [-0.4, -0.2) is 21.8 Å². The van der Waals surface area contributed by atoms with Crippen molar-refractivity contribution in [2.24, 2.45) is 0 Å². The van der Waals surface area contributed by atoms with Crippen LogP contribution >= 0.6 is 0 Å². The van der Waals surface area contributed by atoms with Gasteiger partial charge < -0.3 is 15.7 Å². The maximum Gasteiger partial charge on any atom is 3.00 e. The first-order chi connectivity index (χ1) is 1.73. The van der Waals surface area contributed by atoms with Crippen LogP contribution in [0.15, 0.2) is 0 Å². The fourth-order valence-corrected chi connectivity index (χ4v) is 0. The summed E-state index contributed by atoms with van der Waals surface area (Å²) >= 11 is 0. The Labute approximate surface area is 64.1 Å². The summed E-state index contributed by atoms with van der Waals surface area (Å²) in [6.07, 6.45) is -1.83. The van der Waals surface area contributed by atoms with Gasteiger partial charge in [-0.25, -0.2) is 4.79 Å². The Morgan fingerprint density at radius 2 is 1.33 bits per heavy atom. The monoisotopic (exact) mass is 245 g/mol. The Morgan fingerprint density at radius 3 is 1.33 bits per heavy atom. The van der Waals surface area contributed by atoms with Gasteiger partial charge in [0.05, 0.1) is 0 Å². The fourth-order valence-electron chi connectivity index (χ4n) is 0. The molecule has 0 fully saturated rings. The Hall–Kier alpha value is 0.490. The predicted octanol–water partition coefficient (Wildman–Crippen LogP) is -0.602. The fraction of sp³-hybridized carbons (Fsp3) is 0. The molecule has 0 saturated heterocycles. The third-order valence-electron chi connectivity index (χ3n) is 0. The van der Waals surface area contributed by atoms with Crippen LogP contribution in [0.1, 0.15) is 0 Å². The zero-order valence-corrected chi connectivity index (χ0v) is 4.54. The summed E-state index contributed by atoms with van der Waals surface area (Å²) in [7, 11) is 0. The van der Waals surface area contributed by atoms with Crippen molar-refractivity contribution in [3.05, 3.63) is 0 Å². The third-order valence-corrected chi connectivity index (χ3v) is 0. The Balaban J connectivity index is -0.0000000450. The van der Waals surface area contributed by atoms with Gasteiger partial charge in [0, 0.05) is 0 Å². The summed E-state index contributed by atoms with van der Waals surface area (Å²) in [6.45, 7) is 0. The number of hydrogen-bond acceptors (Lipinski definition) is 1. The van der Waals surface area contributed by atoms with Gasteiger partial charge in [-0.15, -0.1) is 0 Å². The van der Waals surface area contributed by atoms with Crippen LogP contribution in [0.2, 0.25) is 0 Å². The Morgan fingerprint density at radius 1 is 1.33 bits per heavy atom. The maximum absolute atomic E-state index is 8.56. The van der Waals surface area contributed by atoms with Crippen molar-refractivity contribution in [2.45, 2.75) is 0 Å². The van der Waals surface area contributed by atoms with Gasteiger partial charge in [-0.2, -0.15) is 0 Å². The predicted molar refractivity (Wildman–Crippen MR) is 14.3 cm³/mol. The molecule has 0 aromatic heterocycles.